The predicted octanol–water partition coefficient (Wildman–Crippen LogP) is 3.87. The summed E-state index contributed by atoms with van der Waals surface area (Å²) in [6.45, 7) is -0.154. The van der Waals surface area contributed by atoms with Gasteiger partial charge < -0.3 is 20.1 Å². The first kappa shape index (κ1) is 24.9. The molecule has 4 rings (SSSR count). The maximum absolute atomic E-state index is 13.6. The number of aliphatic carboxylic acids is 1. The number of thioether (sulfide) groups is 1. The lowest BCUT2D eigenvalue weighted by molar-refractivity contribution is -0.165. The van der Waals surface area contributed by atoms with E-state index in [1.807, 2.05) is 48.5 Å². The van der Waals surface area contributed by atoms with E-state index in [0.29, 0.717) is 5.75 Å². The molecule has 7 nitrogen and oxygen atoms in total. The molecule has 0 radical (unpaired) electrons. The van der Waals surface area contributed by atoms with Gasteiger partial charge >= 0.3 is 18.2 Å². The molecule has 1 aliphatic carbocycles. The molecule has 2 aliphatic rings. The first-order valence-electron chi connectivity index (χ1n) is 10.9. The number of carbonyl (C=O) groups is 3. The number of amides is 2. The van der Waals surface area contributed by atoms with Crippen molar-refractivity contribution in [1.82, 2.24) is 10.2 Å². The van der Waals surface area contributed by atoms with Gasteiger partial charge in [-0.15, -0.1) is 0 Å². The molecule has 186 valence electrons. The van der Waals surface area contributed by atoms with E-state index in [1.165, 1.54) is 11.8 Å². The molecule has 35 heavy (non-hydrogen) atoms. The Hall–Kier alpha value is -3.21. The zero-order chi connectivity index (χ0) is 25.2. The summed E-state index contributed by atoms with van der Waals surface area (Å²) in [5.74, 6) is -2.08. The van der Waals surface area contributed by atoms with Crippen LogP contribution in [-0.4, -0.2) is 70.9 Å². The molecule has 2 aromatic rings. The van der Waals surface area contributed by atoms with E-state index in [-0.39, 0.29) is 24.8 Å². The van der Waals surface area contributed by atoms with Gasteiger partial charge in [0.1, 0.15) is 18.7 Å². The van der Waals surface area contributed by atoms with Crippen LogP contribution >= 0.6 is 11.8 Å². The van der Waals surface area contributed by atoms with Crippen molar-refractivity contribution in [1.29, 1.82) is 0 Å². The Morgan fingerprint density at radius 1 is 1.09 bits per heavy atom. The summed E-state index contributed by atoms with van der Waals surface area (Å²) in [4.78, 5) is 37.2. The van der Waals surface area contributed by atoms with E-state index in [9.17, 15) is 32.7 Å². The number of nitrogens with one attached hydrogen (secondary N) is 1. The van der Waals surface area contributed by atoms with E-state index < -0.39 is 42.7 Å². The van der Waals surface area contributed by atoms with Crippen molar-refractivity contribution >= 4 is 29.7 Å². The summed E-state index contributed by atoms with van der Waals surface area (Å²) in [5.41, 5.74) is 3.77. The predicted molar refractivity (Wildman–Crippen MR) is 123 cm³/mol. The highest BCUT2D eigenvalue weighted by molar-refractivity contribution is 7.99. The molecule has 2 unspecified atom stereocenters. The Bertz CT molecular complexity index is 1080. The number of alkyl halides is 3. The third-order valence-electron chi connectivity index (χ3n) is 6.14. The monoisotopic (exact) mass is 508 g/mol. The van der Waals surface area contributed by atoms with Crippen molar-refractivity contribution in [2.75, 3.05) is 24.7 Å². The van der Waals surface area contributed by atoms with Crippen molar-refractivity contribution in [3.8, 4) is 11.1 Å². The van der Waals surface area contributed by atoms with Crippen molar-refractivity contribution in [2.45, 2.75) is 30.6 Å². The fourth-order valence-corrected chi connectivity index (χ4v) is 5.47. The molecular weight excluding hydrogens is 485 g/mol. The van der Waals surface area contributed by atoms with Gasteiger partial charge in [0.15, 0.2) is 0 Å². The number of alkyl carbamates (subject to hydrolysis) is 1. The van der Waals surface area contributed by atoms with E-state index in [0.717, 1.165) is 27.2 Å². The second-order valence-electron chi connectivity index (χ2n) is 8.28. The van der Waals surface area contributed by atoms with Crippen molar-refractivity contribution in [3.63, 3.8) is 0 Å². The molecule has 1 heterocycles. The fraction of sp³-hybridized carbons (Fsp3) is 0.375. The average Bonchev–Trinajstić information content (AvgIpc) is 3.15. The van der Waals surface area contributed by atoms with Gasteiger partial charge in [0.05, 0.1) is 6.42 Å². The molecule has 11 heteroatoms. The molecule has 0 saturated carbocycles. The number of nitrogens with zero attached hydrogens (tertiary/aromatic N) is 1. The molecule has 1 fully saturated rings. The minimum Gasteiger partial charge on any atom is -0.480 e. The highest BCUT2D eigenvalue weighted by Crippen LogP contribution is 2.44. The number of hydrogen-bond donors (Lipinski definition) is 2. The summed E-state index contributed by atoms with van der Waals surface area (Å²) in [6, 6.07) is 11.4. The summed E-state index contributed by atoms with van der Waals surface area (Å²) in [7, 11) is 0. The fourth-order valence-electron chi connectivity index (χ4n) is 4.43. The molecule has 0 bridgehead atoms. The smallest absolute Gasteiger partial charge is 0.409 e. The number of benzene rings is 2. The molecule has 1 aliphatic heterocycles. The zero-order valence-electron chi connectivity index (χ0n) is 18.5. The lowest BCUT2D eigenvalue weighted by Crippen LogP contribution is -2.54. The number of hydrogen-bond acceptors (Lipinski definition) is 5. The van der Waals surface area contributed by atoms with Crippen LogP contribution in [0.2, 0.25) is 0 Å². The van der Waals surface area contributed by atoms with Gasteiger partial charge in [-0.2, -0.15) is 24.9 Å². The minimum atomic E-state index is -4.93. The topological polar surface area (TPSA) is 95.9 Å². The summed E-state index contributed by atoms with van der Waals surface area (Å²) < 4.78 is 46.1. The van der Waals surface area contributed by atoms with E-state index >= 15 is 0 Å². The van der Waals surface area contributed by atoms with Crippen LogP contribution in [0.5, 0.6) is 0 Å². The van der Waals surface area contributed by atoms with E-state index in [4.69, 9.17) is 4.74 Å². The minimum absolute atomic E-state index is 0.0238. The van der Waals surface area contributed by atoms with Crippen molar-refractivity contribution in [3.05, 3.63) is 59.7 Å². The Kier molecular flexibility index (Phi) is 7.25. The van der Waals surface area contributed by atoms with Gasteiger partial charge in [-0.1, -0.05) is 48.5 Å². The van der Waals surface area contributed by atoms with Crippen LogP contribution in [-0.2, 0) is 14.3 Å². The van der Waals surface area contributed by atoms with Crippen LogP contribution in [0.3, 0.4) is 0 Å². The molecular formula is C24H23F3N2O5S. The Labute approximate surface area is 203 Å². The molecule has 1 saturated heterocycles. The van der Waals surface area contributed by atoms with Crippen molar-refractivity contribution < 1.29 is 37.4 Å². The number of ether oxygens (including phenoxy) is 1. The third kappa shape index (κ3) is 5.39. The van der Waals surface area contributed by atoms with Gasteiger partial charge in [-0.3, -0.25) is 4.79 Å². The normalized spacial score (nSPS) is 18.4. The van der Waals surface area contributed by atoms with Gasteiger partial charge in [-0.25, -0.2) is 9.59 Å². The van der Waals surface area contributed by atoms with Crippen LogP contribution in [0.15, 0.2) is 48.5 Å². The number of halogens is 3. The molecule has 0 aromatic heterocycles. The Morgan fingerprint density at radius 3 is 2.26 bits per heavy atom. The van der Waals surface area contributed by atoms with E-state index in [1.54, 1.807) is 5.32 Å². The standard InChI is InChI=1S/C24H23F3N2O5S/c25-24(26,27)20(11-21(30)29-9-10-35-13-19(29)22(31)32)28-23(33)34-12-18-16-7-3-1-5-14(16)15-6-2-4-8-17(15)18/h1-8,18-20H,9-13H2,(H,28,33)(H,31,32). The third-order valence-corrected chi connectivity index (χ3v) is 7.17. The first-order chi connectivity index (χ1) is 16.7. The molecule has 2 amide bonds. The Morgan fingerprint density at radius 2 is 1.69 bits per heavy atom. The van der Waals surface area contributed by atoms with Gasteiger partial charge in [-0.05, 0) is 22.3 Å². The van der Waals surface area contributed by atoms with Gasteiger partial charge in [0, 0.05) is 24.0 Å². The lowest BCUT2D eigenvalue weighted by Gasteiger charge is -2.34. The molecule has 0 spiro atoms. The van der Waals surface area contributed by atoms with Gasteiger partial charge in [0.25, 0.3) is 0 Å². The number of carboxylic acid groups (broad SMARTS) is 1. The first-order valence-corrected chi connectivity index (χ1v) is 12.1. The van der Waals surface area contributed by atoms with Gasteiger partial charge in [0.2, 0.25) is 5.91 Å². The number of fused-ring (bicyclic) bond motifs is 3. The number of carbonyl (C=O) groups excluding carboxylic acids is 2. The van der Waals surface area contributed by atoms with Crippen LogP contribution in [0, 0.1) is 0 Å². The number of carboxylic acids is 1. The molecule has 2 N–H and O–H groups in total. The van der Waals surface area contributed by atoms with Crippen LogP contribution in [0.1, 0.15) is 23.5 Å². The van der Waals surface area contributed by atoms with Crippen molar-refractivity contribution in [2.24, 2.45) is 0 Å². The Balaban J connectivity index is 1.42. The lowest BCUT2D eigenvalue weighted by atomic mass is 9.98. The summed E-state index contributed by atoms with van der Waals surface area (Å²) in [6.07, 6.45) is -7.34. The maximum Gasteiger partial charge on any atom is 0.409 e. The maximum atomic E-state index is 13.6. The molecule has 2 atom stereocenters. The molecule has 2 aromatic carbocycles. The zero-order valence-corrected chi connectivity index (χ0v) is 19.3. The summed E-state index contributed by atoms with van der Waals surface area (Å²) in [5, 5.41) is 11.0. The van der Waals surface area contributed by atoms with Crippen LogP contribution < -0.4 is 5.32 Å². The highest BCUT2D eigenvalue weighted by Gasteiger charge is 2.44. The number of rotatable bonds is 6. The second kappa shape index (κ2) is 10.2. The SMILES string of the molecule is O=C(NC(CC(=O)N1CCSCC1C(=O)O)C(F)(F)F)OCC1c2ccccc2-c2ccccc21. The van der Waals surface area contributed by atoms with E-state index in [2.05, 4.69) is 0 Å². The highest BCUT2D eigenvalue weighted by atomic mass is 32.2. The van der Waals surface area contributed by atoms with Crippen LogP contribution in [0.4, 0.5) is 18.0 Å². The quantitative estimate of drug-likeness (QED) is 0.615. The average molecular weight is 509 g/mol. The second-order valence-corrected chi connectivity index (χ2v) is 9.43. The summed E-state index contributed by atoms with van der Waals surface area (Å²) >= 11 is 1.31. The van der Waals surface area contributed by atoms with Crippen LogP contribution in [0.25, 0.3) is 11.1 Å². The largest absolute Gasteiger partial charge is 0.480 e.